The lowest BCUT2D eigenvalue weighted by atomic mass is 10.1. The van der Waals surface area contributed by atoms with Gasteiger partial charge in [-0.15, -0.1) is 0 Å². The van der Waals surface area contributed by atoms with Crippen LogP contribution in [-0.2, 0) is 4.74 Å². The quantitative estimate of drug-likeness (QED) is 0.851. The van der Waals surface area contributed by atoms with Gasteiger partial charge < -0.3 is 14.7 Å². The number of anilines is 1. The minimum Gasteiger partial charge on any atom is -0.478 e. The van der Waals surface area contributed by atoms with Crippen molar-refractivity contribution in [2.45, 2.75) is 0 Å². The zero-order valence-electron chi connectivity index (χ0n) is 10.5. The fraction of sp³-hybridized carbons (Fsp3) is 0.308. The molecule has 2 heterocycles. The molecule has 0 unspecified atom stereocenters. The molecule has 20 heavy (non-hydrogen) atoms. The summed E-state index contributed by atoms with van der Waals surface area (Å²) in [5.74, 6) is -0.269. The van der Waals surface area contributed by atoms with Crippen molar-refractivity contribution in [3.63, 3.8) is 0 Å². The number of hydrogen-bond acceptors (Lipinski definition) is 5. The SMILES string of the molecule is O=C(O)c1ccc2c(N3CCOCC3)nc(Cl)nc2c1. The van der Waals surface area contributed by atoms with E-state index in [1.165, 1.54) is 6.07 Å². The maximum absolute atomic E-state index is 11.0. The van der Waals surface area contributed by atoms with E-state index in [2.05, 4.69) is 14.9 Å². The lowest BCUT2D eigenvalue weighted by molar-refractivity contribution is 0.0697. The summed E-state index contributed by atoms with van der Waals surface area (Å²) in [5.41, 5.74) is 0.714. The first kappa shape index (κ1) is 13.1. The number of halogens is 1. The topological polar surface area (TPSA) is 75.5 Å². The molecule has 1 aromatic carbocycles. The van der Waals surface area contributed by atoms with Crippen molar-refractivity contribution in [1.29, 1.82) is 0 Å². The van der Waals surface area contributed by atoms with Crippen molar-refractivity contribution in [2.24, 2.45) is 0 Å². The van der Waals surface area contributed by atoms with Crippen LogP contribution in [-0.4, -0.2) is 47.3 Å². The van der Waals surface area contributed by atoms with Gasteiger partial charge in [0.2, 0.25) is 5.28 Å². The largest absolute Gasteiger partial charge is 0.478 e. The van der Waals surface area contributed by atoms with Gasteiger partial charge in [-0.2, -0.15) is 4.98 Å². The zero-order chi connectivity index (χ0) is 14.1. The van der Waals surface area contributed by atoms with Gasteiger partial charge in [0.15, 0.2) is 0 Å². The third-order valence-electron chi connectivity index (χ3n) is 3.21. The van der Waals surface area contributed by atoms with Crippen molar-refractivity contribution in [2.75, 3.05) is 31.2 Å². The van der Waals surface area contributed by atoms with Gasteiger partial charge in [-0.3, -0.25) is 0 Å². The minimum absolute atomic E-state index is 0.113. The van der Waals surface area contributed by atoms with Gasteiger partial charge >= 0.3 is 5.97 Å². The number of morpholine rings is 1. The second kappa shape index (κ2) is 5.22. The van der Waals surface area contributed by atoms with Crippen LogP contribution in [0.4, 0.5) is 5.82 Å². The number of carboxylic acids is 1. The van der Waals surface area contributed by atoms with Crippen LogP contribution in [0.25, 0.3) is 10.9 Å². The third-order valence-corrected chi connectivity index (χ3v) is 3.38. The summed E-state index contributed by atoms with van der Waals surface area (Å²) in [6, 6.07) is 4.78. The maximum atomic E-state index is 11.0. The van der Waals surface area contributed by atoms with Crippen molar-refractivity contribution in [3.05, 3.63) is 29.0 Å². The second-order valence-electron chi connectivity index (χ2n) is 4.45. The highest BCUT2D eigenvalue weighted by atomic mass is 35.5. The average Bonchev–Trinajstić information content (AvgIpc) is 2.46. The number of benzene rings is 1. The molecule has 0 atom stereocenters. The lowest BCUT2D eigenvalue weighted by Crippen LogP contribution is -2.37. The van der Waals surface area contributed by atoms with Crippen LogP contribution in [0.2, 0.25) is 5.28 Å². The highest BCUT2D eigenvalue weighted by Crippen LogP contribution is 2.26. The van der Waals surface area contributed by atoms with Gasteiger partial charge in [0, 0.05) is 18.5 Å². The monoisotopic (exact) mass is 293 g/mol. The zero-order valence-corrected chi connectivity index (χ0v) is 11.3. The van der Waals surface area contributed by atoms with Crippen LogP contribution in [0.1, 0.15) is 10.4 Å². The Morgan fingerprint density at radius 3 is 2.75 bits per heavy atom. The number of carboxylic acid groups (broad SMARTS) is 1. The molecule has 1 aliphatic heterocycles. The van der Waals surface area contributed by atoms with E-state index < -0.39 is 5.97 Å². The van der Waals surface area contributed by atoms with Crippen LogP contribution in [0.3, 0.4) is 0 Å². The van der Waals surface area contributed by atoms with E-state index in [9.17, 15) is 4.79 Å². The van der Waals surface area contributed by atoms with Crippen LogP contribution in [0.15, 0.2) is 18.2 Å². The van der Waals surface area contributed by atoms with Crippen LogP contribution >= 0.6 is 11.6 Å². The number of carbonyl (C=O) groups is 1. The Labute approximate surface area is 120 Å². The summed E-state index contributed by atoms with van der Waals surface area (Å²) in [7, 11) is 0. The summed E-state index contributed by atoms with van der Waals surface area (Å²) in [5, 5.41) is 9.93. The van der Waals surface area contributed by atoms with Gasteiger partial charge in [0.1, 0.15) is 5.82 Å². The Kier molecular flexibility index (Phi) is 3.42. The van der Waals surface area contributed by atoms with E-state index in [4.69, 9.17) is 21.4 Å². The van der Waals surface area contributed by atoms with Crippen molar-refractivity contribution < 1.29 is 14.6 Å². The Balaban J connectivity index is 2.13. The first-order chi connectivity index (χ1) is 9.65. The highest BCUT2D eigenvalue weighted by Gasteiger charge is 2.17. The molecule has 1 fully saturated rings. The number of ether oxygens (including phenoxy) is 1. The molecule has 1 aliphatic rings. The summed E-state index contributed by atoms with van der Waals surface area (Å²) in [6.45, 7) is 2.72. The second-order valence-corrected chi connectivity index (χ2v) is 4.79. The maximum Gasteiger partial charge on any atom is 0.335 e. The van der Waals surface area contributed by atoms with Crippen molar-refractivity contribution >= 4 is 34.3 Å². The molecule has 7 heteroatoms. The predicted octanol–water partition coefficient (Wildman–Crippen LogP) is 1.82. The van der Waals surface area contributed by atoms with Gasteiger partial charge in [0.05, 0.1) is 24.3 Å². The van der Waals surface area contributed by atoms with E-state index in [0.29, 0.717) is 18.7 Å². The fourth-order valence-electron chi connectivity index (χ4n) is 2.23. The Bertz CT molecular complexity index is 671. The van der Waals surface area contributed by atoms with E-state index >= 15 is 0 Å². The number of fused-ring (bicyclic) bond motifs is 1. The van der Waals surface area contributed by atoms with Crippen LogP contribution < -0.4 is 4.90 Å². The fourth-order valence-corrected chi connectivity index (χ4v) is 2.41. The molecular weight excluding hydrogens is 282 g/mol. The van der Waals surface area contributed by atoms with Gasteiger partial charge in [-0.1, -0.05) is 0 Å². The van der Waals surface area contributed by atoms with E-state index in [1.54, 1.807) is 12.1 Å². The Hall–Kier alpha value is -1.92. The first-order valence-corrected chi connectivity index (χ1v) is 6.56. The van der Waals surface area contributed by atoms with Crippen LogP contribution in [0.5, 0.6) is 0 Å². The van der Waals surface area contributed by atoms with E-state index in [-0.39, 0.29) is 10.8 Å². The van der Waals surface area contributed by atoms with Crippen molar-refractivity contribution in [1.82, 2.24) is 9.97 Å². The lowest BCUT2D eigenvalue weighted by Gasteiger charge is -2.28. The first-order valence-electron chi connectivity index (χ1n) is 6.18. The number of rotatable bonds is 2. The number of aromatic nitrogens is 2. The molecule has 1 aromatic heterocycles. The average molecular weight is 294 g/mol. The summed E-state index contributed by atoms with van der Waals surface area (Å²) in [6.07, 6.45) is 0. The minimum atomic E-state index is -0.991. The number of nitrogens with zero attached hydrogens (tertiary/aromatic N) is 3. The number of hydrogen-bond donors (Lipinski definition) is 1. The molecule has 1 N–H and O–H groups in total. The Morgan fingerprint density at radius 1 is 1.30 bits per heavy atom. The molecule has 6 nitrogen and oxygen atoms in total. The third kappa shape index (κ3) is 2.39. The summed E-state index contributed by atoms with van der Waals surface area (Å²) in [4.78, 5) is 21.5. The van der Waals surface area contributed by atoms with Crippen molar-refractivity contribution in [3.8, 4) is 0 Å². The molecule has 0 spiro atoms. The summed E-state index contributed by atoms with van der Waals surface area (Å²) < 4.78 is 5.32. The molecule has 2 aromatic rings. The molecule has 3 rings (SSSR count). The highest BCUT2D eigenvalue weighted by molar-refractivity contribution is 6.28. The molecular formula is C13H12ClN3O3. The number of aromatic carboxylic acids is 1. The molecule has 0 radical (unpaired) electrons. The van der Waals surface area contributed by atoms with E-state index in [1.807, 2.05) is 0 Å². The molecule has 0 saturated carbocycles. The standard InChI is InChI=1S/C13H12ClN3O3/c14-13-15-10-7-8(12(18)19)1-2-9(10)11(16-13)17-3-5-20-6-4-17/h1-2,7H,3-6H2,(H,18,19). The van der Waals surface area contributed by atoms with Crippen LogP contribution in [0, 0.1) is 0 Å². The predicted molar refractivity (Wildman–Crippen MR) is 74.5 cm³/mol. The molecule has 104 valence electrons. The smallest absolute Gasteiger partial charge is 0.335 e. The van der Waals surface area contributed by atoms with Gasteiger partial charge in [-0.05, 0) is 29.8 Å². The Morgan fingerprint density at radius 2 is 2.05 bits per heavy atom. The normalized spacial score (nSPS) is 15.6. The van der Waals surface area contributed by atoms with E-state index in [0.717, 1.165) is 24.3 Å². The van der Waals surface area contributed by atoms with Gasteiger partial charge in [0.25, 0.3) is 0 Å². The molecule has 0 bridgehead atoms. The van der Waals surface area contributed by atoms with Gasteiger partial charge in [-0.25, -0.2) is 9.78 Å². The molecule has 1 saturated heterocycles. The molecule has 0 aliphatic carbocycles. The molecule has 0 amide bonds. The summed E-state index contributed by atoms with van der Waals surface area (Å²) >= 11 is 5.95.